The summed E-state index contributed by atoms with van der Waals surface area (Å²) < 4.78 is 32.0. The Kier molecular flexibility index (Phi) is 4.56. The lowest BCUT2D eigenvalue weighted by molar-refractivity contribution is 0.0474. The van der Waals surface area contributed by atoms with E-state index in [0.29, 0.717) is 5.69 Å². The predicted molar refractivity (Wildman–Crippen MR) is 73.9 cm³/mol. The molecule has 1 heterocycles. The van der Waals surface area contributed by atoms with Gasteiger partial charge in [-0.3, -0.25) is 9.48 Å². The van der Waals surface area contributed by atoms with Crippen molar-refractivity contribution < 1.29 is 23.1 Å². The fraction of sp³-hybridized carbons (Fsp3) is 0.214. The molecule has 1 aromatic heterocycles. The Morgan fingerprint density at radius 3 is 2.55 bits per heavy atom. The smallest absolute Gasteiger partial charge is 0.343 e. The van der Waals surface area contributed by atoms with Gasteiger partial charge >= 0.3 is 5.97 Å². The molecule has 0 amide bonds. The van der Waals surface area contributed by atoms with E-state index in [1.165, 1.54) is 4.68 Å². The number of Topliss-reactive ketones (excluding diaryl/α,β-unsaturated/α-hetero) is 1. The molecule has 0 unspecified atom stereocenters. The first-order valence-electron chi connectivity index (χ1n) is 6.15. The van der Waals surface area contributed by atoms with Crippen molar-refractivity contribution in [1.29, 1.82) is 0 Å². The molecular formula is C14H11ClF2N2O3. The Morgan fingerprint density at radius 2 is 2.00 bits per heavy atom. The number of hydrogen-bond acceptors (Lipinski definition) is 4. The van der Waals surface area contributed by atoms with Gasteiger partial charge in [0.15, 0.2) is 24.0 Å². The fourth-order valence-corrected chi connectivity index (χ4v) is 2.07. The van der Waals surface area contributed by atoms with Crippen LogP contribution in [0.15, 0.2) is 18.2 Å². The zero-order chi connectivity index (χ0) is 16.4. The van der Waals surface area contributed by atoms with E-state index >= 15 is 0 Å². The van der Waals surface area contributed by atoms with Crippen LogP contribution in [0.2, 0.25) is 5.15 Å². The van der Waals surface area contributed by atoms with E-state index in [9.17, 15) is 18.4 Å². The summed E-state index contributed by atoms with van der Waals surface area (Å²) in [4.78, 5) is 23.7. The van der Waals surface area contributed by atoms with Crippen LogP contribution >= 0.6 is 11.6 Å². The average Bonchev–Trinajstić information content (AvgIpc) is 2.72. The van der Waals surface area contributed by atoms with Crippen molar-refractivity contribution in [3.63, 3.8) is 0 Å². The molecule has 0 saturated heterocycles. The van der Waals surface area contributed by atoms with Crippen molar-refractivity contribution in [3.05, 3.63) is 51.8 Å². The molecule has 2 aromatic rings. The van der Waals surface area contributed by atoms with Crippen LogP contribution in [0.1, 0.15) is 26.4 Å². The minimum Gasteiger partial charge on any atom is -0.454 e. The van der Waals surface area contributed by atoms with E-state index in [1.807, 2.05) is 0 Å². The standard InChI is InChI=1S/C14H11ClF2N2O3/c1-7-12(13(15)19(2)18-7)14(21)22-6-11(20)8-3-4-9(16)10(17)5-8/h3-5H,6H2,1-2H3. The second kappa shape index (κ2) is 6.23. The van der Waals surface area contributed by atoms with Crippen LogP contribution in [0.25, 0.3) is 0 Å². The SMILES string of the molecule is Cc1nn(C)c(Cl)c1C(=O)OCC(=O)c1ccc(F)c(F)c1. The number of ether oxygens (including phenoxy) is 1. The summed E-state index contributed by atoms with van der Waals surface area (Å²) in [5.41, 5.74) is 0.320. The first-order chi connectivity index (χ1) is 10.3. The van der Waals surface area contributed by atoms with E-state index in [0.717, 1.165) is 18.2 Å². The summed E-state index contributed by atoms with van der Waals surface area (Å²) in [6, 6.07) is 2.68. The van der Waals surface area contributed by atoms with Crippen molar-refractivity contribution in [2.45, 2.75) is 6.92 Å². The highest BCUT2D eigenvalue weighted by molar-refractivity contribution is 6.32. The zero-order valence-corrected chi connectivity index (χ0v) is 12.4. The van der Waals surface area contributed by atoms with Crippen molar-refractivity contribution in [2.75, 3.05) is 6.61 Å². The Hall–Kier alpha value is -2.28. The van der Waals surface area contributed by atoms with Crippen LogP contribution in [0.5, 0.6) is 0 Å². The second-order valence-electron chi connectivity index (χ2n) is 4.50. The van der Waals surface area contributed by atoms with Gasteiger partial charge in [0.1, 0.15) is 10.7 Å². The number of nitrogens with zero attached hydrogens (tertiary/aromatic N) is 2. The summed E-state index contributed by atoms with van der Waals surface area (Å²) >= 11 is 5.90. The number of rotatable bonds is 4. The summed E-state index contributed by atoms with van der Waals surface area (Å²) in [5.74, 6) is -3.69. The summed E-state index contributed by atoms with van der Waals surface area (Å²) in [6.07, 6.45) is 0. The normalized spacial score (nSPS) is 10.6. The van der Waals surface area contributed by atoms with E-state index in [4.69, 9.17) is 16.3 Å². The molecule has 8 heteroatoms. The topological polar surface area (TPSA) is 61.2 Å². The van der Waals surface area contributed by atoms with Crippen molar-refractivity contribution >= 4 is 23.4 Å². The second-order valence-corrected chi connectivity index (χ2v) is 4.86. The molecule has 2 rings (SSSR count). The van der Waals surface area contributed by atoms with Gasteiger partial charge in [-0.1, -0.05) is 11.6 Å². The van der Waals surface area contributed by atoms with Crippen LogP contribution in [-0.2, 0) is 11.8 Å². The van der Waals surface area contributed by atoms with Gasteiger partial charge in [-0.15, -0.1) is 0 Å². The van der Waals surface area contributed by atoms with Crippen LogP contribution in [0.4, 0.5) is 8.78 Å². The van der Waals surface area contributed by atoms with Gasteiger partial charge in [0.2, 0.25) is 0 Å². The lowest BCUT2D eigenvalue weighted by Gasteiger charge is -2.04. The van der Waals surface area contributed by atoms with Crippen LogP contribution in [-0.4, -0.2) is 28.1 Å². The molecule has 0 fully saturated rings. The molecule has 0 aliphatic heterocycles. The summed E-state index contributed by atoms with van der Waals surface area (Å²) in [6.45, 7) is 0.953. The number of hydrogen-bond donors (Lipinski definition) is 0. The fourth-order valence-electron chi connectivity index (χ4n) is 1.82. The monoisotopic (exact) mass is 328 g/mol. The molecule has 0 radical (unpaired) electrons. The zero-order valence-electron chi connectivity index (χ0n) is 11.7. The Balaban J connectivity index is 2.07. The molecule has 0 aliphatic carbocycles. The molecule has 1 aromatic carbocycles. The number of esters is 1. The third-order valence-electron chi connectivity index (χ3n) is 2.93. The maximum atomic E-state index is 13.0. The van der Waals surface area contributed by atoms with Gasteiger partial charge in [-0.25, -0.2) is 13.6 Å². The molecule has 0 aliphatic rings. The maximum absolute atomic E-state index is 13.0. The lowest BCUT2D eigenvalue weighted by Crippen LogP contribution is -2.15. The van der Waals surface area contributed by atoms with Crippen molar-refractivity contribution in [3.8, 4) is 0 Å². The number of carbonyl (C=O) groups is 2. The third-order valence-corrected chi connectivity index (χ3v) is 3.37. The van der Waals surface area contributed by atoms with Crippen molar-refractivity contribution in [1.82, 2.24) is 9.78 Å². The molecule has 0 N–H and O–H groups in total. The van der Waals surface area contributed by atoms with Crippen LogP contribution < -0.4 is 0 Å². The molecule has 116 valence electrons. The molecule has 0 atom stereocenters. The third kappa shape index (κ3) is 3.14. The van der Waals surface area contributed by atoms with E-state index < -0.39 is 30.0 Å². The average molecular weight is 329 g/mol. The Labute approximate surface area is 129 Å². The summed E-state index contributed by atoms with van der Waals surface area (Å²) in [7, 11) is 1.55. The van der Waals surface area contributed by atoms with Gasteiger partial charge in [-0.05, 0) is 25.1 Å². The number of carbonyl (C=O) groups excluding carboxylic acids is 2. The predicted octanol–water partition coefficient (Wildman–Crippen LogP) is 2.70. The van der Waals surface area contributed by atoms with E-state index in [1.54, 1.807) is 14.0 Å². The highest BCUT2D eigenvalue weighted by Gasteiger charge is 2.21. The molecule has 22 heavy (non-hydrogen) atoms. The van der Waals surface area contributed by atoms with Crippen LogP contribution in [0.3, 0.4) is 0 Å². The Bertz CT molecular complexity index is 759. The number of aryl methyl sites for hydroxylation is 2. The van der Waals surface area contributed by atoms with Crippen LogP contribution in [0, 0.1) is 18.6 Å². The number of benzene rings is 1. The molecular weight excluding hydrogens is 318 g/mol. The molecule has 0 spiro atoms. The summed E-state index contributed by atoms with van der Waals surface area (Å²) in [5, 5.41) is 4.03. The quantitative estimate of drug-likeness (QED) is 0.639. The van der Waals surface area contributed by atoms with Gasteiger partial charge in [0, 0.05) is 12.6 Å². The van der Waals surface area contributed by atoms with E-state index in [-0.39, 0.29) is 16.3 Å². The van der Waals surface area contributed by atoms with Gasteiger partial charge in [-0.2, -0.15) is 5.10 Å². The Morgan fingerprint density at radius 1 is 1.32 bits per heavy atom. The minimum atomic E-state index is -1.15. The number of halogens is 3. The van der Waals surface area contributed by atoms with E-state index in [2.05, 4.69) is 5.10 Å². The largest absolute Gasteiger partial charge is 0.454 e. The minimum absolute atomic E-state index is 0.0576. The molecule has 0 bridgehead atoms. The van der Waals surface area contributed by atoms with Crippen molar-refractivity contribution in [2.24, 2.45) is 7.05 Å². The molecule has 5 nitrogen and oxygen atoms in total. The maximum Gasteiger partial charge on any atom is 0.343 e. The lowest BCUT2D eigenvalue weighted by atomic mass is 10.1. The first-order valence-corrected chi connectivity index (χ1v) is 6.53. The first kappa shape index (κ1) is 16.1. The van der Waals surface area contributed by atoms with Gasteiger partial charge in [0.05, 0.1) is 5.69 Å². The highest BCUT2D eigenvalue weighted by atomic mass is 35.5. The number of ketones is 1. The number of aromatic nitrogens is 2. The highest BCUT2D eigenvalue weighted by Crippen LogP contribution is 2.19. The van der Waals surface area contributed by atoms with Gasteiger partial charge < -0.3 is 4.74 Å². The van der Waals surface area contributed by atoms with Gasteiger partial charge in [0.25, 0.3) is 0 Å². The molecule has 0 saturated carbocycles.